The highest BCUT2D eigenvalue weighted by atomic mass is 16.4. The molecule has 166 valence electrons. The van der Waals surface area contributed by atoms with Crippen molar-refractivity contribution in [3.8, 4) is 0 Å². The van der Waals surface area contributed by atoms with Gasteiger partial charge in [0.15, 0.2) is 0 Å². The molecule has 6 heteroatoms. The third-order valence-corrected chi connectivity index (χ3v) is 7.09. The zero-order valence-corrected chi connectivity index (χ0v) is 18.6. The fraction of sp³-hybridized carbons (Fsp3) is 0.423. The Morgan fingerprint density at radius 3 is 2.38 bits per heavy atom. The van der Waals surface area contributed by atoms with E-state index in [1.807, 2.05) is 42.2 Å². The van der Waals surface area contributed by atoms with E-state index in [0.717, 1.165) is 63.3 Å². The van der Waals surface area contributed by atoms with Crippen LogP contribution < -0.4 is 0 Å². The van der Waals surface area contributed by atoms with E-state index < -0.39 is 0 Å². The maximum Gasteiger partial charge on any atom is 0.253 e. The first-order chi connectivity index (χ1) is 15.6. The molecule has 2 fully saturated rings. The highest BCUT2D eigenvalue weighted by Crippen LogP contribution is 2.48. The van der Waals surface area contributed by atoms with E-state index in [1.165, 1.54) is 5.56 Å². The van der Waals surface area contributed by atoms with E-state index in [9.17, 15) is 4.79 Å². The maximum absolute atomic E-state index is 12.9. The zero-order valence-electron chi connectivity index (χ0n) is 18.6. The molecule has 1 atom stereocenters. The molecule has 0 N–H and O–H groups in total. The molecule has 5 rings (SSSR count). The molecule has 3 aromatic rings. The molecule has 1 spiro atoms. The minimum Gasteiger partial charge on any atom is -0.424 e. The lowest BCUT2D eigenvalue weighted by Crippen LogP contribution is -2.44. The molecule has 0 radical (unpaired) electrons. The van der Waals surface area contributed by atoms with Gasteiger partial charge in [-0.05, 0) is 48.8 Å². The molecule has 0 saturated carbocycles. The van der Waals surface area contributed by atoms with Crippen LogP contribution in [0.25, 0.3) is 0 Å². The van der Waals surface area contributed by atoms with Crippen molar-refractivity contribution in [2.24, 2.45) is 5.41 Å². The molecular formula is C26H30N4O2. The van der Waals surface area contributed by atoms with Crippen molar-refractivity contribution in [1.82, 2.24) is 20.0 Å². The van der Waals surface area contributed by atoms with Crippen molar-refractivity contribution in [2.75, 3.05) is 26.2 Å². The van der Waals surface area contributed by atoms with Crippen LogP contribution in [-0.2, 0) is 6.42 Å². The second-order valence-electron chi connectivity index (χ2n) is 9.24. The van der Waals surface area contributed by atoms with Crippen molar-refractivity contribution in [2.45, 2.75) is 38.6 Å². The standard InChI is InChI=1S/C26H30N4O2/c1-20-27-28-24(32-20)23-18-26(19-30(23)15-12-21-8-4-2-5-9-21)13-16-29(17-14-26)25(31)22-10-6-3-7-11-22/h2-11,23H,12-19H2,1H3. The first-order valence-corrected chi connectivity index (χ1v) is 11.5. The Kier molecular flexibility index (Phi) is 5.79. The molecule has 2 saturated heterocycles. The van der Waals surface area contributed by atoms with E-state index in [4.69, 9.17) is 4.42 Å². The van der Waals surface area contributed by atoms with Gasteiger partial charge in [0.05, 0.1) is 6.04 Å². The second kappa shape index (κ2) is 8.87. The molecule has 2 aromatic carbocycles. The summed E-state index contributed by atoms with van der Waals surface area (Å²) in [5, 5.41) is 8.46. The van der Waals surface area contributed by atoms with E-state index in [2.05, 4.69) is 45.4 Å². The number of carbonyl (C=O) groups is 1. The second-order valence-corrected chi connectivity index (χ2v) is 9.24. The third-order valence-electron chi connectivity index (χ3n) is 7.09. The summed E-state index contributed by atoms with van der Waals surface area (Å²) < 4.78 is 5.87. The van der Waals surface area contributed by atoms with Gasteiger partial charge in [0, 0.05) is 38.7 Å². The number of aryl methyl sites for hydroxylation is 1. The lowest BCUT2D eigenvalue weighted by molar-refractivity contribution is 0.0589. The number of hydrogen-bond acceptors (Lipinski definition) is 5. The maximum atomic E-state index is 12.9. The largest absolute Gasteiger partial charge is 0.424 e. The summed E-state index contributed by atoms with van der Waals surface area (Å²) in [6.07, 6.45) is 4.03. The minimum absolute atomic E-state index is 0.142. The van der Waals surface area contributed by atoms with Crippen LogP contribution in [0.4, 0.5) is 0 Å². The number of carbonyl (C=O) groups excluding carboxylic acids is 1. The molecule has 1 aromatic heterocycles. The highest BCUT2D eigenvalue weighted by Gasteiger charge is 2.48. The zero-order chi connectivity index (χ0) is 22.0. The quantitative estimate of drug-likeness (QED) is 0.604. The summed E-state index contributed by atoms with van der Waals surface area (Å²) in [6, 6.07) is 20.4. The van der Waals surface area contributed by atoms with Crippen molar-refractivity contribution < 1.29 is 9.21 Å². The SMILES string of the molecule is Cc1nnc(C2CC3(CCN(C(=O)c4ccccc4)CC3)CN2CCc2ccccc2)o1. The first-order valence-electron chi connectivity index (χ1n) is 11.5. The summed E-state index contributed by atoms with van der Waals surface area (Å²) in [6.45, 7) is 5.43. The van der Waals surface area contributed by atoms with Crippen LogP contribution in [0.3, 0.4) is 0 Å². The van der Waals surface area contributed by atoms with Gasteiger partial charge in [0.2, 0.25) is 11.8 Å². The Morgan fingerprint density at radius 1 is 1.03 bits per heavy atom. The minimum atomic E-state index is 0.142. The van der Waals surface area contributed by atoms with Crippen LogP contribution in [0.2, 0.25) is 0 Å². The number of rotatable bonds is 5. The number of amides is 1. The molecule has 32 heavy (non-hydrogen) atoms. The normalized spacial score (nSPS) is 20.7. The lowest BCUT2D eigenvalue weighted by Gasteiger charge is -2.39. The molecule has 1 amide bonds. The monoisotopic (exact) mass is 430 g/mol. The average Bonchev–Trinajstić information content (AvgIpc) is 3.42. The molecule has 3 heterocycles. The molecule has 6 nitrogen and oxygen atoms in total. The molecule has 2 aliphatic heterocycles. The molecule has 2 aliphatic rings. The van der Waals surface area contributed by atoms with Crippen LogP contribution >= 0.6 is 0 Å². The predicted octanol–water partition coefficient (Wildman–Crippen LogP) is 4.29. The summed E-state index contributed by atoms with van der Waals surface area (Å²) >= 11 is 0. The molecule has 1 unspecified atom stereocenters. The van der Waals surface area contributed by atoms with Crippen molar-refractivity contribution in [3.63, 3.8) is 0 Å². The Morgan fingerprint density at radius 2 is 1.72 bits per heavy atom. The van der Waals surface area contributed by atoms with Gasteiger partial charge in [0.25, 0.3) is 5.91 Å². The smallest absolute Gasteiger partial charge is 0.253 e. The van der Waals surface area contributed by atoms with Crippen molar-refractivity contribution >= 4 is 5.91 Å². The van der Waals surface area contributed by atoms with Crippen molar-refractivity contribution in [1.29, 1.82) is 0 Å². The number of piperidine rings is 1. The van der Waals surface area contributed by atoms with Gasteiger partial charge >= 0.3 is 0 Å². The summed E-state index contributed by atoms with van der Waals surface area (Å²) in [4.78, 5) is 17.4. The summed E-state index contributed by atoms with van der Waals surface area (Å²) in [5.41, 5.74) is 2.31. The van der Waals surface area contributed by atoms with Gasteiger partial charge in [-0.15, -0.1) is 10.2 Å². The van der Waals surface area contributed by atoms with Crippen LogP contribution in [0.15, 0.2) is 65.1 Å². The first kappa shape index (κ1) is 20.9. The van der Waals surface area contributed by atoms with E-state index in [0.29, 0.717) is 5.89 Å². The predicted molar refractivity (Wildman–Crippen MR) is 122 cm³/mol. The van der Waals surface area contributed by atoms with Gasteiger partial charge < -0.3 is 9.32 Å². The Bertz CT molecular complexity index is 1040. The van der Waals surface area contributed by atoms with Gasteiger partial charge in [-0.25, -0.2) is 0 Å². The number of hydrogen-bond donors (Lipinski definition) is 0. The number of benzene rings is 2. The summed E-state index contributed by atoms with van der Waals surface area (Å²) in [5.74, 6) is 1.49. The Balaban J connectivity index is 1.29. The molecular weight excluding hydrogens is 400 g/mol. The van der Waals surface area contributed by atoms with Crippen LogP contribution in [0, 0.1) is 12.3 Å². The average molecular weight is 431 g/mol. The topological polar surface area (TPSA) is 62.5 Å². The van der Waals surface area contributed by atoms with E-state index >= 15 is 0 Å². The Labute approximate surface area is 189 Å². The molecule has 0 aliphatic carbocycles. The number of nitrogens with zero attached hydrogens (tertiary/aromatic N) is 4. The van der Waals surface area contributed by atoms with Crippen LogP contribution in [0.5, 0.6) is 0 Å². The summed E-state index contributed by atoms with van der Waals surface area (Å²) in [7, 11) is 0. The van der Waals surface area contributed by atoms with Gasteiger partial charge in [-0.2, -0.15) is 0 Å². The fourth-order valence-electron chi connectivity index (χ4n) is 5.30. The Hall–Kier alpha value is -2.99. The van der Waals surface area contributed by atoms with E-state index in [1.54, 1.807) is 0 Å². The number of aromatic nitrogens is 2. The van der Waals surface area contributed by atoms with E-state index in [-0.39, 0.29) is 17.4 Å². The fourth-order valence-corrected chi connectivity index (χ4v) is 5.30. The number of likely N-dealkylation sites (tertiary alicyclic amines) is 2. The molecule has 0 bridgehead atoms. The lowest BCUT2D eigenvalue weighted by atomic mass is 9.76. The van der Waals surface area contributed by atoms with Crippen LogP contribution in [-0.4, -0.2) is 52.1 Å². The van der Waals surface area contributed by atoms with Crippen LogP contribution in [0.1, 0.15) is 53.0 Å². The van der Waals surface area contributed by atoms with Crippen molar-refractivity contribution in [3.05, 3.63) is 83.6 Å². The van der Waals surface area contributed by atoms with Gasteiger partial charge in [-0.1, -0.05) is 48.5 Å². The van der Waals surface area contributed by atoms with Gasteiger partial charge in [-0.3, -0.25) is 9.69 Å². The van der Waals surface area contributed by atoms with Gasteiger partial charge in [0.1, 0.15) is 0 Å². The third kappa shape index (κ3) is 4.32. The highest BCUT2D eigenvalue weighted by molar-refractivity contribution is 5.94.